The molecule has 1 aromatic heterocycles. The minimum atomic E-state index is -0.399. The zero-order valence-corrected chi connectivity index (χ0v) is 13.6. The van der Waals surface area contributed by atoms with Gasteiger partial charge in [-0.3, -0.25) is 0 Å². The number of esters is 1. The number of hydrogen-bond donors (Lipinski definition) is 0. The quantitative estimate of drug-likeness (QED) is 0.676. The normalized spacial score (nSPS) is 10.6. The van der Waals surface area contributed by atoms with Gasteiger partial charge in [-0.1, -0.05) is 59.7 Å². The Kier molecular flexibility index (Phi) is 4.65. The lowest BCUT2D eigenvalue weighted by molar-refractivity contribution is -0.146. The Labute approximate surface area is 140 Å². The van der Waals surface area contributed by atoms with Crippen molar-refractivity contribution in [3.63, 3.8) is 0 Å². The molecule has 3 rings (SSSR count). The topological polar surface area (TPSA) is 69.9 Å². The summed E-state index contributed by atoms with van der Waals surface area (Å²) >= 11 is 0. The Hall–Kier alpha value is -3.02. The molecule has 0 saturated carbocycles. The monoisotopic (exact) mass is 322 g/mol. The molecule has 24 heavy (non-hydrogen) atoms. The molecular weight excluding hydrogens is 304 g/mol. The van der Waals surface area contributed by atoms with E-state index in [0.29, 0.717) is 5.82 Å². The van der Waals surface area contributed by atoms with Crippen molar-refractivity contribution in [3.05, 3.63) is 65.2 Å². The first-order valence-electron chi connectivity index (χ1n) is 7.66. The van der Waals surface area contributed by atoms with Gasteiger partial charge >= 0.3 is 5.97 Å². The molecule has 0 saturated heterocycles. The van der Waals surface area contributed by atoms with Crippen molar-refractivity contribution in [3.8, 4) is 11.4 Å². The van der Waals surface area contributed by atoms with Gasteiger partial charge in [-0.2, -0.15) is 4.80 Å². The molecule has 6 heteroatoms. The second-order valence-electron chi connectivity index (χ2n) is 5.66. The first kappa shape index (κ1) is 15.9. The van der Waals surface area contributed by atoms with E-state index in [1.807, 2.05) is 62.4 Å². The molecule has 0 aliphatic rings. The van der Waals surface area contributed by atoms with Crippen LogP contribution in [0.15, 0.2) is 48.5 Å². The van der Waals surface area contributed by atoms with Crippen molar-refractivity contribution >= 4 is 5.97 Å². The molecule has 3 aromatic rings. The lowest BCUT2D eigenvalue weighted by Crippen LogP contribution is -2.15. The van der Waals surface area contributed by atoms with Gasteiger partial charge < -0.3 is 4.74 Å². The summed E-state index contributed by atoms with van der Waals surface area (Å²) in [6.07, 6.45) is 0. The number of ether oxygens (including phenoxy) is 1. The zero-order valence-electron chi connectivity index (χ0n) is 13.6. The predicted molar refractivity (Wildman–Crippen MR) is 89.0 cm³/mol. The third kappa shape index (κ3) is 4.04. The summed E-state index contributed by atoms with van der Waals surface area (Å²) in [4.78, 5) is 13.2. The Morgan fingerprint density at radius 3 is 2.62 bits per heavy atom. The molecule has 0 fully saturated rings. The van der Waals surface area contributed by atoms with E-state index in [0.717, 1.165) is 22.3 Å². The van der Waals surface area contributed by atoms with Crippen LogP contribution in [0.5, 0.6) is 0 Å². The summed E-state index contributed by atoms with van der Waals surface area (Å²) in [5, 5.41) is 12.1. The Morgan fingerprint density at radius 1 is 1.08 bits per heavy atom. The molecule has 0 N–H and O–H groups in total. The van der Waals surface area contributed by atoms with Crippen molar-refractivity contribution < 1.29 is 9.53 Å². The average Bonchev–Trinajstić information content (AvgIpc) is 3.02. The van der Waals surface area contributed by atoms with Crippen LogP contribution in [0.1, 0.15) is 16.7 Å². The number of aryl methyl sites for hydroxylation is 2. The molecule has 0 unspecified atom stereocenters. The Balaban J connectivity index is 1.58. The van der Waals surface area contributed by atoms with Gasteiger partial charge in [0.1, 0.15) is 6.61 Å². The number of carbonyl (C=O) groups is 1. The van der Waals surface area contributed by atoms with Crippen molar-refractivity contribution in [2.45, 2.75) is 27.0 Å². The maximum atomic E-state index is 11.9. The summed E-state index contributed by atoms with van der Waals surface area (Å²) < 4.78 is 5.25. The smallest absolute Gasteiger partial charge is 0.330 e. The van der Waals surface area contributed by atoms with E-state index >= 15 is 0 Å². The van der Waals surface area contributed by atoms with Crippen LogP contribution in [0.2, 0.25) is 0 Å². The molecule has 1 heterocycles. The molecule has 0 aliphatic heterocycles. The first-order chi connectivity index (χ1) is 11.6. The molecule has 0 spiro atoms. The van der Waals surface area contributed by atoms with Gasteiger partial charge in [-0.15, -0.1) is 10.2 Å². The van der Waals surface area contributed by atoms with Crippen LogP contribution in [-0.4, -0.2) is 26.2 Å². The zero-order chi connectivity index (χ0) is 16.9. The number of benzene rings is 2. The third-order valence-corrected chi connectivity index (χ3v) is 3.52. The van der Waals surface area contributed by atoms with E-state index in [9.17, 15) is 4.79 Å². The van der Waals surface area contributed by atoms with Crippen LogP contribution in [0, 0.1) is 13.8 Å². The van der Waals surface area contributed by atoms with Gasteiger partial charge in [0.15, 0.2) is 6.54 Å². The number of rotatable bonds is 5. The number of tetrazole rings is 1. The van der Waals surface area contributed by atoms with Gasteiger partial charge in [0.25, 0.3) is 0 Å². The number of aromatic nitrogens is 4. The van der Waals surface area contributed by atoms with Crippen molar-refractivity contribution in [1.29, 1.82) is 0 Å². The van der Waals surface area contributed by atoms with E-state index in [-0.39, 0.29) is 13.2 Å². The van der Waals surface area contributed by atoms with Gasteiger partial charge in [0, 0.05) is 5.56 Å². The summed E-state index contributed by atoms with van der Waals surface area (Å²) in [5.74, 6) is 0.0887. The number of carbonyl (C=O) groups excluding carboxylic acids is 1. The van der Waals surface area contributed by atoms with Crippen molar-refractivity contribution in [2.24, 2.45) is 0 Å². The molecule has 2 aromatic carbocycles. The standard InChI is InChI=1S/C18H18N4O2/c1-13-6-8-16(9-7-13)18-19-21-22(20-18)11-17(23)24-12-15-5-3-4-14(2)10-15/h3-10H,11-12H2,1-2H3. The minimum absolute atomic E-state index is 0.0648. The van der Waals surface area contributed by atoms with Gasteiger partial charge in [0.2, 0.25) is 5.82 Å². The van der Waals surface area contributed by atoms with Crippen molar-refractivity contribution in [2.75, 3.05) is 0 Å². The van der Waals surface area contributed by atoms with Gasteiger partial charge in [0.05, 0.1) is 0 Å². The maximum Gasteiger partial charge on any atom is 0.330 e. The maximum absolute atomic E-state index is 11.9. The van der Waals surface area contributed by atoms with Crippen LogP contribution >= 0.6 is 0 Å². The van der Waals surface area contributed by atoms with E-state index in [4.69, 9.17) is 4.74 Å². The predicted octanol–water partition coefficient (Wildman–Crippen LogP) is 2.70. The Bertz CT molecular complexity index is 840. The fraction of sp³-hybridized carbons (Fsp3) is 0.222. The second-order valence-corrected chi connectivity index (χ2v) is 5.66. The molecular formula is C18H18N4O2. The third-order valence-electron chi connectivity index (χ3n) is 3.52. The molecule has 0 bridgehead atoms. The highest BCUT2D eigenvalue weighted by atomic mass is 16.5. The summed E-state index contributed by atoms with van der Waals surface area (Å²) in [6.45, 7) is 4.18. The summed E-state index contributed by atoms with van der Waals surface area (Å²) in [5.41, 5.74) is 4.10. The number of nitrogens with zero attached hydrogens (tertiary/aromatic N) is 4. The molecule has 0 amide bonds. The van der Waals surface area contributed by atoms with Crippen LogP contribution < -0.4 is 0 Å². The number of hydrogen-bond acceptors (Lipinski definition) is 5. The Morgan fingerprint density at radius 2 is 1.88 bits per heavy atom. The van der Waals surface area contributed by atoms with Gasteiger partial charge in [-0.25, -0.2) is 4.79 Å². The summed E-state index contributed by atoms with van der Waals surface area (Å²) in [6, 6.07) is 15.6. The highest BCUT2D eigenvalue weighted by Crippen LogP contribution is 2.14. The highest BCUT2D eigenvalue weighted by molar-refractivity contribution is 5.69. The minimum Gasteiger partial charge on any atom is -0.459 e. The van der Waals surface area contributed by atoms with Crippen LogP contribution in [-0.2, 0) is 22.7 Å². The van der Waals surface area contributed by atoms with E-state index in [1.54, 1.807) is 0 Å². The molecule has 6 nitrogen and oxygen atoms in total. The SMILES string of the molecule is Cc1ccc(-c2nnn(CC(=O)OCc3cccc(C)c3)n2)cc1. The molecule has 122 valence electrons. The van der Waals surface area contributed by atoms with Gasteiger partial charge in [-0.05, 0) is 24.6 Å². The fourth-order valence-electron chi connectivity index (χ4n) is 2.26. The van der Waals surface area contributed by atoms with E-state index < -0.39 is 5.97 Å². The van der Waals surface area contributed by atoms with E-state index in [2.05, 4.69) is 15.4 Å². The highest BCUT2D eigenvalue weighted by Gasteiger charge is 2.10. The second kappa shape index (κ2) is 7.04. The van der Waals surface area contributed by atoms with Crippen LogP contribution in [0.25, 0.3) is 11.4 Å². The molecule has 0 aliphatic carbocycles. The molecule has 0 atom stereocenters. The lowest BCUT2D eigenvalue weighted by atomic mass is 10.1. The largest absolute Gasteiger partial charge is 0.459 e. The first-order valence-corrected chi connectivity index (χ1v) is 7.66. The van der Waals surface area contributed by atoms with Crippen molar-refractivity contribution in [1.82, 2.24) is 20.2 Å². The summed E-state index contributed by atoms with van der Waals surface area (Å²) in [7, 11) is 0. The van der Waals surface area contributed by atoms with Crippen LogP contribution in [0.3, 0.4) is 0 Å². The fourth-order valence-corrected chi connectivity index (χ4v) is 2.26. The molecule has 0 radical (unpaired) electrons. The average molecular weight is 322 g/mol. The lowest BCUT2D eigenvalue weighted by Gasteiger charge is -2.05. The van der Waals surface area contributed by atoms with Crippen LogP contribution in [0.4, 0.5) is 0 Å². The van der Waals surface area contributed by atoms with E-state index in [1.165, 1.54) is 4.80 Å².